The summed E-state index contributed by atoms with van der Waals surface area (Å²) in [6, 6.07) is 3.91. The molecular formula is C15H19N5O. The molecule has 6 nitrogen and oxygen atoms in total. The Morgan fingerprint density at radius 3 is 2.67 bits per heavy atom. The third kappa shape index (κ3) is 2.75. The van der Waals surface area contributed by atoms with Gasteiger partial charge in [0.1, 0.15) is 11.5 Å². The Morgan fingerprint density at radius 1 is 1.19 bits per heavy atom. The smallest absolute Gasteiger partial charge is 0.152 e. The number of furan rings is 1. The zero-order chi connectivity index (χ0) is 14.8. The first kappa shape index (κ1) is 13.6. The zero-order valence-corrected chi connectivity index (χ0v) is 12.5. The number of hydrogen-bond donors (Lipinski definition) is 2. The highest BCUT2D eigenvalue weighted by Gasteiger charge is 2.11. The monoisotopic (exact) mass is 285 g/mol. The van der Waals surface area contributed by atoms with Gasteiger partial charge in [0, 0.05) is 37.0 Å². The van der Waals surface area contributed by atoms with Gasteiger partial charge in [-0.3, -0.25) is 9.78 Å². The predicted octanol–water partition coefficient (Wildman–Crippen LogP) is 2.31. The quantitative estimate of drug-likeness (QED) is 0.754. The van der Waals surface area contributed by atoms with Crippen LogP contribution in [-0.4, -0.2) is 20.0 Å². The fourth-order valence-electron chi connectivity index (χ4n) is 2.28. The summed E-state index contributed by atoms with van der Waals surface area (Å²) in [5.41, 5.74) is 4.40. The van der Waals surface area contributed by atoms with Gasteiger partial charge in [0.25, 0.3) is 0 Å². The summed E-state index contributed by atoms with van der Waals surface area (Å²) in [5, 5.41) is 14.8. The minimum Gasteiger partial charge on any atom is -0.460 e. The molecule has 0 aliphatic carbocycles. The zero-order valence-electron chi connectivity index (χ0n) is 12.5. The molecule has 3 aromatic rings. The van der Waals surface area contributed by atoms with Crippen LogP contribution in [0.25, 0.3) is 11.5 Å². The van der Waals surface area contributed by atoms with Crippen LogP contribution < -0.4 is 5.32 Å². The molecular weight excluding hydrogens is 266 g/mol. The second kappa shape index (κ2) is 5.57. The number of aromatic nitrogens is 4. The Balaban J connectivity index is 1.66. The molecule has 0 bridgehead atoms. The summed E-state index contributed by atoms with van der Waals surface area (Å²) in [7, 11) is 1.95. The van der Waals surface area contributed by atoms with Gasteiger partial charge in [-0.1, -0.05) is 0 Å². The number of aryl methyl sites for hydroxylation is 2. The number of nitrogens with zero attached hydrogens (tertiary/aromatic N) is 3. The molecule has 0 aliphatic rings. The molecule has 110 valence electrons. The lowest BCUT2D eigenvalue weighted by Gasteiger charge is -2.04. The molecule has 0 atom stereocenters. The fourth-order valence-corrected chi connectivity index (χ4v) is 2.28. The molecule has 0 amide bonds. The molecule has 0 saturated carbocycles. The summed E-state index contributed by atoms with van der Waals surface area (Å²) >= 11 is 0. The molecule has 21 heavy (non-hydrogen) atoms. The van der Waals surface area contributed by atoms with Crippen LogP contribution >= 0.6 is 0 Å². The van der Waals surface area contributed by atoms with Crippen molar-refractivity contribution >= 4 is 0 Å². The third-order valence-electron chi connectivity index (χ3n) is 3.67. The molecule has 0 spiro atoms. The standard InChI is InChI=1S/C15H19N5O/c1-10-4-5-14(21-10)15-13(8-17-19-15)7-16-6-12-9-18-20(3)11(12)2/h4-5,8-9,16H,6-7H2,1-3H3,(H,17,19). The van der Waals surface area contributed by atoms with Crippen molar-refractivity contribution in [2.24, 2.45) is 7.05 Å². The van der Waals surface area contributed by atoms with E-state index >= 15 is 0 Å². The molecule has 0 saturated heterocycles. The van der Waals surface area contributed by atoms with Gasteiger partial charge in [-0.05, 0) is 26.0 Å². The van der Waals surface area contributed by atoms with E-state index in [1.807, 2.05) is 43.2 Å². The molecule has 0 unspecified atom stereocenters. The number of H-pyrrole nitrogens is 1. The maximum Gasteiger partial charge on any atom is 0.152 e. The van der Waals surface area contributed by atoms with Crippen molar-refractivity contribution in [3.05, 3.63) is 47.1 Å². The Morgan fingerprint density at radius 2 is 2.00 bits per heavy atom. The lowest BCUT2D eigenvalue weighted by Crippen LogP contribution is -2.13. The summed E-state index contributed by atoms with van der Waals surface area (Å²) in [6.45, 7) is 5.50. The summed E-state index contributed by atoms with van der Waals surface area (Å²) < 4.78 is 7.52. The molecule has 3 rings (SSSR count). The minimum atomic E-state index is 0.722. The SMILES string of the molecule is Cc1ccc(-c2[nH]ncc2CNCc2cnn(C)c2C)o1. The highest BCUT2D eigenvalue weighted by molar-refractivity contribution is 5.56. The van der Waals surface area contributed by atoms with Crippen molar-refractivity contribution in [1.29, 1.82) is 0 Å². The van der Waals surface area contributed by atoms with Crippen LogP contribution in [0.3, 0.4) is 0 Å². The highest BCUT2D eigenvalue weighted by atomic mass is 16.3. The van der Waals surface area contributed by atoms with Gasteiger partial charge < -0.3 is 9.73 Å². The Kier molecular flexibility index (Phi) is 3.62. The van der Waals surface area contributed by atoms with E-state index in [4.69, 9.17) is 4.42 Å². The van der Waals surface area contributed by atoms with E-state index < -0.39 is 0 Å². The van der Waals surface area contributed by atoms with Crippen LogP contribution in [0.2, 0.25) is 0 Å². The van der Waals surface area contributed by atoms with Crippen molar-refractivity contribution in [3.63, 3.8) is 0 Å². The van der Waals surface area contributed by atoms with Gasteiger partial charge in [-0.15, -0.1) is 0 Å². The van der Waals surface area contributed by atoms with Crippen LogP contribution in [0.4, 0.5) is 0 Å². The lowest BCUT2D eigenvalue weighted by molar-refractivity contribution is 0.545. The van der Waals surface area contributed by atoms with Gasteiger partial charge in [-0.2, -0.15) is 10.2 Å². The van der Waals surface area contributed by atoms with Gasteiger partial charge >= 0.3 is 0 Å². The topological polar surface area (TPSA) is 71.7 Å². The van der Waals surface area contributed by atoms with Gasteiger partial charge in [0.2, 0.25) is 0 Å². The van der Waals surface area contributed by atoms with Gasteiger partial charge in [-0.25, -0.2) is 0 Å². The Bertz CT molecular complexity index is 737. The van der Waals surface area contributed by atoms with Crippen LogP contribution in [0.15, 0.2) is 28.9 Å². The summed E-state index contributed by atoms with van der Waals surface area (Å²) in [5.74, 6) is 1.71. The first-order valence-electron chi connectivity index (χ1n) is 6.92. The summed E-state index contributed by atoms with van der Waals surface area (Å²) in [6.07, 6.45) is 3.73. The van der Waals surface area contributed by atoms with Crippen molar-refractivity contribution in [2.45, 2.75) is 26.9 Å². The fraction of sp³-hybridized carbons (Fsp3) is 0.333. The molecule has 0 aromatic carbocycles. The van der Waals surface area contributed by atoms with Crippen LogP contribution in [0.5, 0.6) is 0 Å². The molecule has 6 heteroatoms. The van der Waals surface area contributed by atoms with E-state index in [1.165, 1.54) is 11.3 Å². The molecule has 0 fully saturated rings. The first-order chi connectivity index (χ1) is 10.1. The third-order valence-corrected chi connectivity index (χ3v) is 3.67. The van der Waals surface area contributed by atoms with Crippen molar-refractivity contribution in [1.82, 2.24) is 25.3 Å². The number of nitrogens with one attached hydrogen (secondary N) is 2. The second-order valence-corrected chi connectivity index (χ2v) is 5.16. The Hall–Kier alpha value is -2.34. The van der Waals surface area contributed by atoms with Crippen LogP contribution in [-0.2, 0) is 20.1 Å². The van der Waals surface area contributed by atoms with E-state index in [1.54, 1.807) is 0 Å². The molecule has 0 aliphatic heterocycles. The van der Waals surface area contributed by atoms with Crippen molar-refractivity contribution in [3.8, 4) is 11.5 Å². The minimum absolute atomic E-state index is 0.722. The summed E-state index contributed by atoms with van der Waals surface area (Å²) in [4.78, 5) is 0. The normalized spacial score (nSPS) is 11.2. The Labute approximate surface area is 123 Å². The number of hydrogen-bond acceptors (Lipinski definition) is 4. The lowest BCUT2D eigenvalue weighted by atomic mass is 10.2. The van der Waals surface area contributed by atoms with Crippen LogP contribution in [0.1, 0.15) is 22.6 Å². The molecule has 3 heterocycles. The average molecular weight is 285 g/mol. The highest BCUT2D eigenvalue weighted by Crippen LogP contribution is 2.23. The first-order valence-corrected chi connectivity index (χ1v) is 6.92. The second-order valence-electron chi connectivity index (χ2n) is 5.16. The average Bonchev–Trinajstić information content (AvgIpc) is 3.15. The molecule has 3 aromatic heterocycles. The van der Waals surface area contributed by atoms with Crippen LogP contribution in [0, 0.1) is 13.8 Å². The molecule has 0 radical (unpaired) electrons. The van der Waals surface area contributed by atoms with Crippen molar-refractivity contribution < 1.29 is 4.42 Å². The van der Waals surface area contributed by atoms with E-state index in [0.29, 0.717) is 0 Å². The number of aromatic amines is 1. The predicted molar refractivity (Wildman–Crippen MR) is 79.5 cm³/mol. The maximum atomic E-state index is 5.64. The van der Waals surface area contributed by atoms with Gasteiger partial charge in [0.15, 0.2) is 5.76 Å². The van der Waals surface area contributed by atoms with E-state index in [2.05, 4.69) is 27.5 Å². The van der Waals surface area contributed by atoms with E-state index in [-0.39, 0.29) is 0 Å². The van der Waals surface area contributed by atoms with E-state index in [9.17, 15) is 0 Å². The largest absolute Gasteiger partial charge is 0.460 e. The maximum absolute atomic E-state index is 5.64. The molecule has 2 N–H and O–H groups in total. The van der Waals surface area contributed by atoms with E-state index in [0.717, 1.165) is 35.9 Å². The van der Waals surface area contributed by atoms with Crippen molar-refractivity contribution in [2.75, 3.05) is 0 Å². The number of rotatable bonds is 5. The van der Waals surface area contributed by atoms with Gasteiger partial charge in [0.05, 0.1) is 12.4 Å².